The van der Waals surface area contributed by atoms with Gasteiger partial charge in [0, 0.05) is 6.42 Å². The minimum Gasteiger partial charge on any atom is -0.481 e. The molecule has 0 fully saturated rings. The molecule has 144 valence electrons. The SMILES string of the molecule is CC(O)CC(O)CC(O)CC(O)CC(=O)CC(=O)CC(=O)CC(=O)O. The van der Waals surface area contributed by atoms with Crippen LogP contribution in [0.4, 0.5) is 0 Å². The van der Waals surface area contributed by atoms with Crippen LogP contribution in [0.15, 0.2) is 0 Å². The molecule has 0 aliphatic carbocycles. The monoisotopic (exact) mass is 362 g/mol. The maximum absolute atomic E-state index is 11.6. The molecular weight excluding hydrogens is 336 g/mol. The normalized spacial score (nSPS) is 15.9. The molecule has 0 aliphatic rings. The van der Waals surface area contributed by atoms with E-state index >= 15 is 0 Å². The van der Waals surface area contributed by atoms with Crippen LogP contribution in [0.25, 0.3) is 0 Å². The summed E-state index contributed by atoms with van der Waals surface area (Å²) in [6.45, 7) is 1.49. The van der Waals surface area contributed by atoms with Crippen LogP contribution in [0.2, 0.25) is 0 Å². The highest BCUT2D eigenvalue weighted by atomic mass is 16.4. The lowest BCUT2D eigenvalue weighted by atomic mass is 9.98. The number of aliphatic hydroxyl groups excluding tert-OH is 4. The molecule has 4 atom stereocenters. The molecule has 0 aromatic heterocycles. The van der Waals surface area contributed by atoms with Gasteiger partial charge in [-0.1, -0.05) is 0 Å². The van der Waals surface area contributed by atoms with Crippen molar-refractivity contribution in [3.8, 4) is 0 Å². The van der Waals surface area contributed by atoms with Gasteiger partial charge in [-0.25, -0.2) is 0 Å². The number of rotatable bonds is 14. The van der Waals surface area contributed by atoms with Gasteiger partial charge in [0.05, 0.1) is 37.3 Å². The van der Waals surface area contributed by atoms with Gasteiger partial charge in [-0.05, 0) is 26.2 Å². The van der Waals surface area contributed by atoms with Crippen molar-refractivity contribution in [2.75, 3.05) is 0 Å². The largest absolute Gasteiger partial charge is 0.481 e. The van der Waals surface area contributed by atoms with Gasteiger partial charge >= 0.3 is 5.97 Å². The number of aliphatic hydroxyl groups is 4. The van der Waals surface area contributed by atoms with Crippen LogP contribution in [-0.4, -0.2) is 73.3 Å². The standard InChI is InChI=1S/C16H26O9/c1-9(17)2-10(18)3-11(19)4-12(20)5-13(21)6-14(22)7-15(23)8-16(24)25/h9-12,17-20H,2-8H2,1H3,(H,24,25). The molecule has 0 aliphatic heterocycles. The maximum Gasteiger partial charge on any atom is 0.310 e. The van der Waals surface area contributed by atoms with E-state index in [1.807, 2.05) is 0 Å². The predicted octanol–water partition coefficient (Wildman–Crippen LogP) is -1.03. The fourth-order valence-electron chi connectivity index (χ4n) is 2.37. The van der Waals surface area contributed by atoms with E-state index in [4.69, 9.17) is 10.2 Å². The van der Waals surface area contributed by atoms with Crippen molar-refractivity contribution >= 4 is 23.3 Å². The molecule has 0 spiro atoms. The van der Waals surface area contributed by atoms with Crippen molar-refractivity contribution in [3.63, 3.8) is 0 Å². The third-order valence-electron chi connectivity index (χ3n) is 3.30. The van der Waals surface area contributed by atoms with E-state index in [0.29, 0.717) is 0 Å². The van der Waals surface area contributed by atoms with Crippen LogP contribution in [0.1, 0.15) is 51.9 Å². The topological polar surface area (TPSA) is 169 Å². The van der Waals surface area contributed by atoms with Gasteiger partial charge in [0.15, 0.2) is 5.78 Å². The Morgan fingerprint density at radius 2 is 1.12 bits per heavy atom. The first kappa shape index (κ1) is 23.3. The molecule has 5 N–H and O–H groups in total. The van der Waals surface area contributed by atoms with E-state index < -0.39 is 73.4 Å². The summed E-state index contributed by atoms with van der Waals surface area (Å²) in [6, 6.07) is 0. The van der Waals surface area contributed by atoms with E-state index in [1.54, 1.807) is 0 Å². The second-order valence-corrected chi connectivity index (χ2v) is 6.26. The summed E-state index contributed by atoms with van der Waals surface area (Å²) < 4.78 is 0. The van der Waals surface area contributed by atoms with Crippen molar-refractivity contribution in [1.82, 2.24) is 0 Å². The molecule has 0 amide bonds. The highest BCUT2D eigenvalue weighted by molar-refractivity contribution is 6.10. The Bertz CT molecular complexity index is 472. The molecule has 0 saturated heterocycles. The molecule has 9 heteroatoms. The zero-order valence-corrected chi connectivity index (χ0v) is 14.1. The van der Waals surface area contributed by atoms with Crippen molar-refractivity contribution in [2.24, 2.45) is 0 Å². The zero-order chi connectivity index (χ0) is 19.6. The number of hydrogen-bond donors (Lipinski definition) is 5. The third kappa shape index (κ3) is 13.3. The number of ketones is 3. The highest BCUT2D eigenvalue weighted by Crippen LogP contribution is 2.12. The average molecular weight is 362 g/mol. The van der Waals surface area contributed by atoms with E-state index in [2.05, 4.69) is 0 Å². The summed E-state index contributed by atoms with van der Waals surface area (Å²) in [5, 5.41) is 46.5. The quantitative estimate of drug-likeness (QED) is 0.242. The Labute approximate surface area is 145 Å². The number of carbonyl (C=O) groups is 4. The fraction of sp³-hybridized carbons (Fsp3) is 0.750. The molecule has 0 bridgehead atoms. The first-order valence-electron chi connectivity index (χ1n) is 7.98. The van der Waals surface area contributed by atoms with Gasteiger partial charge in [-0.2, -0.15) is 0 Å². The summed E-state index contributed by atoms with van der Waals surface area (Å²) in [5.41, 5.74) is 0. The first-order valence-corrected chi connectivity index (χ1v) is 7.98. The predicted molar refractivity (Wildman–Crippen MR) is 84.7 cm³/mol. The highest BCUT2D eigenvalue weighted by Gasteiger charge is 2.21. The number of carbonyl (C=O) groups excluding carboxylic acids is 3. The number of Topliss-reactive ketones (excluding diaryl/α,β-unsaturated/α-hetero) is 3. The molecule has 0 saturated carbocycles. The van der Waals surface area contributed by atoms with E-state index in [9.17, 15) is 34.5 Å². The summed E-state index contributed by atoms with van der Waals surface area (Å²) in [5.74, 6) is -3.51. The van der Waals surface area contributed by atoms with Crippen molar-refractivity contribution in [1.29, 1.82) is 0 Å². The van der Waals surface area contributed by atoms with Gasteiger partial charge < -0.3 is 25.5 Å². The van der Waals surface area contributed by atoms with Gasteiger partial charge in [-0.3, -0.25) is 19.2 Å². The lowest BCUT2D eigenvalue weighted by Crippen LogP contribution is -2.26. The van der Waals surface area contributed by atoms with Crippen LogP contribution in [0, 0.1) is 0 Å². The summed E-state index contributed by atoms with van der Waals surface area (Å²) in [4.78, 5) is 44.6. The molecule has 0 rings (SSSR count). The summed E-state index contributed by atoms with van der Waals surface area (Å²) in [7, 11) is 0. The second kappa shape index (κ2) is 11.8. The Balaban J connectivity index is 4.14. The molecule has 0 aromatic rings. The van der Waals surface area contributed by atoms with Crippen molar-refractivity contribution in [2.45, 2.75) is 76.3 Å². The van der Waals surface area contributed by atoms with Gasteiger partial charge in [-0.15, -0.1) is 0 Å². The lowest BCUT2D eigenvalue weighted by Gasteiger charge is -2.19. The number of carboxylic acids is 1. The van der Waals surface area contributed by atoms with E-state index in [1.165, 1.54) is 6.92 Å². The third-order valence-corrected chi connectivity index (χ3v) is 3.30. The van der Waals surface area contributed by atoms with Gasteiger partial charge in [0.25, 0.3) is 0 Å². The van der Waals surface area contributed by atoms with Gasteiger partial charge in [0.1, 0.15) is 18.0 Å². The van der Waals surface area contributed by atoms with Crippen LogP contribution < -0.4 is 0 Å². The molecule has 0 heterocycles. The number of hydrogen-bond acceptors (Lipinski definition) is 8. The zero-order valence-electron chi connectivity index (χ0n) is 14.1. The Kier molecular flexibility index (Phi) is 11.0. The Morgan fingerprint density at radius 3 is 1.64 bits per heavy atom. The van der Waals surface area contributed by atoms with Crippen molar-refractivity contribution in [3.05, 3.63) is 0 Å². The lowest BCUT2D eigenvalue weighted by molar-refractivity contribution is -0.140. The van der Waals surface area contributed by atoms with Crippen molar-refractivity contribution < 1.29 is 44.7 Å². The molecular formula is C16H26O9. The van der Waals surface area contributed by atoms with Crippen LogP contribution in [0.3, 0.4) is 0 Å². The first-order chi connectivity index (χ1) is 11.5. The minimum atomic E-state index is -1.36. The minimum absolute atomic E-state index is 0.0707. The maximum atomic E-state index is 11.6. The van der Waals surface area contributed by atoms with E-state index in [0.717, 1.165) is 0 Å². The number of aliphatic carboxylic acids is 1. The number of carboxylic acid groups (broad SMARTS) is 1. The molecule has 25 heavy (non-hydrogen) atoms. The Hall–Kier alpha value is -1.68. The average Bonchev–Trinajstić information content (AvgIpc) is 2.34. The van der Waals surface area contributed by atoms with E-state index in [-0.39, 0.29) is 19.3 Å². The molecule has 0 radical (unpaired) electrons. The second-order valence-electron chi connectivity index (χ2n) is 6.26. The smallest absolute Gasteiger partial charge is 0.310 e. The molecule has 4 unspecified atom stereocenters. The van der Waals surface area contributed by atoms with Gasteiger partial charge in [0.2, 0.25) is 0 Å². The fourth-order valence-corrected chi connectivity index (χ4v) is 2.37. The Morgan fingerprint density at radius 1 is 0.680 bits per heavy atom. The van der Waals surface area contributed by atoms with Crippen LogP contribution in [-0.2, 0) is 19.2 Å². The summed E-state index contributed by atoms with van der Waals surface area (Å²) in [6.07, 6.45) is -6.59. The summed E-state index contributed by atoms with van der Waals surface area (Å²) >= 11 is 0. The van der Waals surface area contributed by atoms with Crippen LogP contribution in [0.5, 0.6) is 0 Å². The molecule has 9 nitrogen and oxygen atoms in total. The molecule has 0 aromatic carbocycles. The van der Waals surface area contributed by atoms with Crippen LogP contribution >= 0.6 is 0 Å².